The van der Waals surface area contributed by atoms with Crippen molar-refractivity contribution < 1.29 is 32.9 Å². The number of halogens is 1. The summed E-state index contributed by atoms with van der Waals surface area (Å²) in [5.41, 5.74) is 0.316. The van der Waals surface area contributed by atoms with Crippen molar-refractivity contribution in [1.29, 1.82) is 0 Å². The van der Waals surface area contributed by atoms with E-state index >= 15 is 0 Å². The van der Waals surface area contributed by atoms with Crippen LogP contribution in [0.5, 0.6) is 17.2 Å². The average Bonchev–Trinajstić information content (AvgIpc) is 3.44. The largest absolute Gasteiger partial charge is 0.491 e. The molecular weight excluding hydrogens is 407 g/mol. The van der Waals surface area contributed by atoms with Crippen LogP contribution in [0.2, 0.25) is 0 Å². The van der Waals surface area contributed by atoms with Gasteiger partial charge in [-0.3, -0.25) is 4.79 Å². The highest BCUT2D eigenvalue weighted by Gasteiger charge is 2.15. The fourth-order valence-electron chi connectivity index (χ4n) is 2.97. The van der Waals surface area contributed by atoms with E-state index in [0.717, 1.165) is 0 Å². The maximum absolute atomic E-state index is 13.8. The number of hydrogen-bond donors (Lipinski definition) is 2. The summed E-state index contributed by atoms with van der Waals surface area (Å²) in [6.07, 6.45) is 0.920. The molecule has 4 rings (SSSR count). The molecule has 1 unspecified atom stereocenters. The molecule has 1 atom stereocenters. The SMILES string of the molecule is O=C(CCc1ncc(-c2ccccc2F)o1)NCC(O)COc1ccc2c(c1)OCO2. The Hall–Kier alpha value is -3.59. The second kappa shape index (κ2) is 9.48. The first kappa shape index (κ1) is 20.7. The van der Waals surface area contributed by atoms with E-state index < -0.39 is 11.9 Å². The number of nitrogens with zero attached hydrogens (tertiary/aromatic N) is 1. The van der Waals surface area contributed by atoms with Gasteiger partial charge in [0.05, 0.1) is 11.8 Å². The molecule has 1 amide bonds. The fraction of sp³-hybridized carbons (Fsp3) is 0.273. The number of carbonyl (C=O) groups excluding carboxylic acids is 1. The first-order chi connectivity index (χ1) is 15.1. The van der Waals surface area contributed by atoms with Crippen LogP contribution in [0.25, 0.3) is 11.3 Å². The Kier molecular flexibility index (Phi) is 6.32. The molecule has 2 N–H and O–H groups in total. The lowest BCUT2D eigenvalue weighted by Gasteiger charge is -2.13. The van der Waals surface area contributed by atoms with Gasteiger partial charge in [0.2, 0.25) is 12.7 Å². The van der Waals surface area contributed by atoms with Crippen molar-refractivity contribution in [3.63, 3.8) is 0 Å². The van der Waals surface area contributed by atoms with Crippen LogP contribution in [0.15, 0.2) is 53.1 Å². The minimum absolute atomic E-state index is 0.00562. The van der Waals surface area contributed by atoms with Crippen molar-refractivity contribution in [2.24, 2.45) is 0 Å². The molecule has 0 saturated heterocycles. The Bertz CT molecular complexity index is 1050. The molecular formula is C22H21FN2O6. The highest BCUT2D eigenvalue weighted by atomic mass is 19.1. The van der Waals surface area contributed by atoms with Crippen LogP contribution >= 0.6 is 0 Å². The Morgan fingerprint density at radius 3 is 2.94 bits per heavy atom. The van der Waals surface area contributed by atoms with Gasteiger partial charge in [-0.2, -0.15) is 0 Å². The van der Waals surface area contributed by atoms with Gasteiger partial charge in [0.25, 0.3) is 0 Å². The number of aliphatic hydroxyl groups is 1. The fourth-order valence-corrected chi connectivity index (χ4v) is 2.97. The minimum atomic E-state index is -0.885. The summed E-state index contributed by atoms with van der Waals surface area (Å²) >= 11 is 0. The summed E-state index contributed by atoms with van der Waals surface area (Å²) in [5.74, 6) is 1.73. The van der Waals surface area contributed by atoms with Gasteiger partial charge in [0, 0.05) is 25.5 Å². The van der Waals surface area contributed by atoms with Crippen LogP contribution in [-0.4, -0.2) is 42.0 Å². The number of aryl methyl sites for hydroxylation is 1. The third-order valence-electron chi connectivity index (χ3n) is 4.58. The van der Waals surface area contributed by atoms with Crippen molar-refractivity contribution in [2.45, 2.75) is 18.9 Å². The molecule has 162 valence electrons. The number of benzene rings is 2. The molecule has 2 heterocycles. The lowest BCUT2D eigenvalue weighted by Crippen LogP contribution is -2.35. The Morgan fingerprint density at radius 1 is 1.23 bits per heavy atom. The van der Waals surface area contributed by atoms with Gasteiger partial charge in [-0.1, -0.05) is 12.1 Å². The monoisotopic (exact) mass is 428 g/mol. The molecule has 1 aromatic heterocycles. The number of carbonyl (C=O) groups is 1. The van der Waals surface area contributed by atoms with E-state index in [1.807, 2.05) is 0 Å². The molecule has 0 spiro atoms. The molecule has 31 heavy (non-hydrogen) atoms. The minimum Gasteiger partial charge on any atom is -0.491 e. The first-order valence-electron chi connectivity index (χ1n) is 9.75. The van der Waals surface area contributed by atoms with E-state index in [0.29, 0.717) is 34.5 Å². The topological polar surface area (TPSA) is 103 Å². The summed E-state index contributed by atoms with van der Waals surface area (Å²) in [4.78, 5) is 16.1. The van der Waals surface area contributed by atoms with Gasteiger partial charge in [-0.05, 0) is 24.3 Å². The van der Waals surface area contributed by atoms with E-state index in [2.05, 4.69) is 10.3 Å². The number of aliphatic hydroxyl groups excluding tert-OH is 1. The zero-order valence-corrected chi connectivity index (χ0v) is 16.5. The second-order valence-electron chi connectivity index (χ2n) is 6.88. The number of hydrogen-bond acceptors (Lipinski definition) is 7. The van der Waals surface area contributed by atoms with Gasteiger partial charge < -0.3 is 29.1 Å². The van der Waals surface area contributed by atoms with E-state index in [1.165, 1.54) is 12.3 Å². The van der Waals surface area contributed by atoms with E-state index in [1.54, 1.807) is 36.4 Å². The van der Waals surface area contributed by atoms with Gasteiger partial charge in [-0.15, -0.1) is 0 Å². The molecule has 0 bridgehead atoms. The standard InChI is InChI=1S/C22H21FN2O6/c23-17-4-2-1-3-16(17)20-11-25-22(31-20)8-7-21(27)24-10-14(26)12-28-15-5-6-18-19(9-15)30-13-29-18/h1-6,9,11,14,26H,7-8,10,12-13H2,(H,24,27). The highest BCUT2D eigenvalue weighted by molar-refractivity contribution is 5.76. The van der Waals surface area contributed by atoms with Crippen LogP contribution in [0.1, 0.15) is 12.3 Å². The predicted octanol–water partition coefficient (Wildman–Crippen LogP) is 2.70. The van der Waals surface area contributed by atoms with Gasteiger partial charge in [0.15, 0.2) is 23.1 Å². The molecule has 0 saturated carbocycles. The molecule has 0 radical (unpaired) electrons. The normalized spacial score (nSPS) is 13.1. The number of nitrogens with one attached hydrogen (secondary N) is 1. The maximum atomic E-state index is 13.8. The quantitative estimate of drug-likeness (QED) is 0.540. The van der Waals surface area contributed by atoms with Crippen molar-refractivity contribution in [2.75, 3.05) is 19.9 Å². The number of amides is 1. The molecule has 0 fully saturated rings. The highest BCUT2D eigenvalue weighted by Crippen LogP contribution is 2.35. The Balaban J connectivity index is 1.18. The number of rotatable bonds is 9. The van der Waals surface area contributed by atoms with Crippen molar-refractivity contribution in [3.05, 3.63) is 60.4 Å². The molecule has 2 aromatic carbocycles. The third kappa shape index (κ3) is 5.32. The summed E-state index contributed by atoms with van der Waals surface area (Å²) in [7, 11) is 0. The van der Waals surface area contributed by atoms with Crippen molar-refractivity contribution in [3.8, 4) is 28.6 Å². The number of fused-ring (bicyclic) bond motifs is 1. The summed E-state index contributed by atoms with van der Waals surface area (Å²) in [5, 5.41) is 12.7. The zero-order chi connectivity index (χ0) is 21.6. The van der Waals surface area contributed by atoms with E-state index in [-0.39, 0.29) is 38.7 Å². The van der Waals surface area contributed by atoms with Crippen molar-refractivity contribution in [1.82, 2.24) is 10.3 Å². The molecule has 8 nitrogen and oxygen atoms in total. The second-order valence-corrected chi connectivity index (χ2v) is 6.88. The van der Waals surface area contributed by atoms with Gasteiger partial charge in [-0.25, -0.2) is 9.37 Å². The molecule has 9 heteroatoms. The smallest absolute Gasteiger partial charge is 0.231 e. The van der Waals surface area contributed by atoms with E-state index in [9.17, 15) is 14.3 Å². The molecule has 0 aliphatic carbocycles. The van der Waals surface area contributed by atoms with Crippen LogP contribution < -0.4 is 19.5 Å². The summed E-state index contributed by atoms with van der Waals surface area (Å²) < 4.78 is 35.3. The molecule has 1 aliphatic rings. The molecule has 3 aromatic rings. The Morgan fingerprint density at radius 2 is 2.06 bits per heavy atom. The predicted molar refractivity (Wildman–Crippen MR) is 107 cm³/mol. The number of aromatic nitrogens is 1. The first-order valence-corrected chi connectivity index (χ1v) is 9.75. The maximum Gasteiger partial charge on any atom is 0.231 e. The Labute approximate surface area is 177 Å². The van der Waals surface area contributed by atoms with Gasteiger partial charge in [0.1, 0.15) is 24.3 Å². The number of ether oxygens (including phenoxy) is 3. The van der Waals surface area contributed by atoms with Gasteiger partial charge >= 0.3 is 0 Å². The average molecular weight is 428 g/mol. The van der Waals surface area contributed by atoms with Crippen molar-refractivity contribution >= 4 is 5.91 Å². The third-order valence-corrected chi connectivity index (χ3v) is 4.58. The van der Waals surface area contributed by atoms with Crippen LogP contribution in [0.4, 0.5) is 4.39 Å². The summed E-state index contributed by atoms with van der Waals surface area (Å²) in [6.45, 7) is 0.215. The van der Waals surface area contributed by atoms with Crippen LogP contribution in [0, 0.1) is 5.82 Å². The van der Waals surface area contributed by atoms with Crippen LogP contribution in [0.3, 0.4) is 0 Å². The lowest BCUT2D eigenvalue weighted by atomic mass is 10.2. The lowest BCUT2D eigenvalue weighted by molar-refractivity contribution is -0.121. The van der Waals surface area contributed by atoms with E-state index in [4.69, 9.17) is 18.6 Å². The summed E-state index contributed by atoms with van der Waals surface area (Å²) in [6, 6.07) is 11.4. The van der Waals surface area contributed by atoms with Crippen LogP contribution in [-0.2, 0) is 11.2 Å². The zero-order valence-electron chi connectivity index (χ0n) is 16.5. The number of oxazole rings is 1. The molecule has 1 aliphatic heterocycles.